The van der Waals surface area contributed by atoms with Crippen molar-refractivity contribution in [2.75, 3.05) is 4.72 Å². The van der Waals surface area contributed by atoms with Gasteiger partial charge in [-0.1, -0.05) is 24.3 Å². The largest absolute Gasteiger partial charge is 0.276 e. The lowest BCUT2D eigenvalue weighted by molar-refractivity contribution is 0.600. The fraction of sp³-hybridized carbons (Fsp3) is 0.368. The van der Waals surface area contributed by atoms with Gasteiger partial charge in [-0.3, -0.25) is 14.1 Å². The maximum absolute atomic E-state index is 12.9. The van der Waals surface area contributed by atoms with Gasteiger partial charge in [0.25, 0.3) is 10.0 Å². The maximum atomic E-state index is 12.9. The van der Waals surface area contributed by atoms with E-state index in [2.05, 4.69) is 34.0 Å². The van der Waals surface area contributed by atoms with Gasteiger partial charge >= 0.3 is 0 Å². The van der Waals surface area contributed by atoms with Crippen molar-refractivity contribution in [1.29, 1.82) is 0 Å². The van der Waals surface area contributed by atoms with Crippen LogP contribution in [0, 0.1) is 27.7 Å². The number of aromatic nitrogens is 4. The third-order valence-corrected chi connectivity index (χ3v) is 6.17. The van der Waals surface area contributed by atoms with Crippen LogP contribution >= 0.6 is 0 Å². The van der Waals surface area contributed by atoms with Gasteiger partial charge in [-0.25, -0.2) is 8.42 Å². The van der Waals surface area contributed by atoms with Crippen molar-refractivity contribution in [2.24, 2.45) is 0 Å². The molecule has 3 rings (SSSR count). The van der Waals surface area contributed by atoms with Crippen LogP contribution in [0.4, 0.5) is 5.69 Å². The Morgan fingerprint density at radius 2 is 1.74 bits per heavy atom. The minimum Gasteiger partial charge on any atom is -0.276 e. The maximum Gasteiger partial charge on any atom is 0.265 e. The number of nitrogens with zero attached hydrogens (tertiary/aromatic N) is 4. The van der Waals surface area contributed by atoms with Crippen LogP contribution in [0.1, 0.15) is 35.1 Å². The molecule has 0 aliphatic heterocycles. The highest BCUT2D eigenvalue weighted by molar-refractivity contribution is 7.92. The zero-order chi connectivity index (χ0) is 19.8. The van der Waals surface area contributed by atoms with Crippen molar-refractivity contribution in [3.8, 4) is 0 Å². The highest BCUT2D eigenvalue weighted by atomic mass is 32.2. The van der Waals surface area contributed by atoms with Gasteiger partial charge in [-0.2, -0.15) is 10.2 Å². The number of hydrogen-bond acceptors (Lipinski definition) is 4. The lowest BCUT2D eigenvalue weighted by atomic mass is 10.1. The Morgan fingerprint density at radius 3 is 2.37 bits per heavy atom. The molecule has 8 heteroatoms. The third-order valence-electron chi connectivity index (χ3n) is 4.71. The number of aryl methyl sites for hydroxylation is 4. The molecule has 144 valence electrons. The Labute approximate surface area is 160 Å². The summed E-state index contributed by atoms with van der Waals surface area (Å²) in [6, 6.07) is 8.10. The molecule has 7 nitrogen and oxygen atoms in total. The molecule has 1 aromatic carbocycles. The van der Waals surface area contributed by atoms with Crippen LogP contribution in [-0.2, 0) is 23.1 Å². The predicted molar refractivity (Wildman–Crippen MR) is 105 cm³/mol. The summed E-state index contributed by atoms with van der Waals surface area (Å²) in [6.07, 6.45) is 1.56. The lowest BCUT2D eigenvalue weighted by Gasteiger charge is -2.10. The second-order valence-electron chi connectivity index (χ2n) is 6.67. The van der Waals surface area contributed by atoms with Gasteiger partial charge in [-0.15, -0.1) is 0 Å². The molecule has 0 atom stereocenters. The molecule has 0 radical (unpaired) electrons. The number of hydrogen-bond donors (Lipinski definition) is 1. The van der Waals surface area contributed by atoms with Crippen LogP contribution in [-0.4, -0.2) is 28.0 Å². The molecule has 0 aliphatic rings. The summed E-state index contributed by atoms with van der Waals surface area (Å²) in [4.78, 5) is 0.190. The Hall–Kier alpha value is -2.61. The first-order chi connectivity index (χ1) is 12.7. The van der Waals surface area contributed by atoms with E-state index < -0.39 is 10.0 Å². The molecular formula is C19H25N5O2S. The molecule has 0 bridgehead atoms. The van der Waals surface area contributed by atoms with Gasteiger partial charge in [0.05, 0.1) is 29.3 Å². The third kappa shape index (κ3) is 3.75. The molecule has 0 saturated heterocycles. The van der Waals surface area contributed by atoms with E-state index in [1.807, 2.05) is 37.6 Å². The van der Waals surface area contributed by atoms with Crippen LogP contribution < -0.4 is 4.72 Å². The molecule has 0 saturated carbocycles. The average Bonchev–Trinajstić information content (AvgIpc) is 3.12. The Morgan fingerprint density at radius 1 is 1.04 bits per heavy atom. The molecule has 0 spiro atoms. The van der Waals surface area contributed by atoms with Crippen molar-refractivity contribution < 1.29 is 8.42 Å². The van der Waals surface area contributed by atoms with E-state index in [0.29, 0.717) is 30.2 Å². The number of rotatable bonds is 6. The van der Waals surface area contributed by atoms with E-state index in [0.717, 1.165) is 11.3 Å². The fourth-order valence-corrected chi connectivity index (χ4v) is 4.43. The smallest absolute Gasteiger partial charge is 0.265 e. The predicted octanol–water partition coefficient (Wildman–Crippen LogP) is 3.18. The summed E-state index contributed by atoms with van der Waals surface area (Å²) in [5.41, 5.74) is 4.75. The molecule has 0 aliphatic carbocycles. The number of sulfonamides is 1. The van der Waals surface area contributed by atoms with Crippen molar-refractivity contribution in [2.45, 2.75) is 52.6 Å². The minimum absolute atomic E-state index is 0.190. The normalized spacial score (nSPS) is 11.7. The van der Waals surface area contributed by atoms with Crippen LogP contribution in [0.2, 0.25) is 0 Å². The average molecular weight is 388 g/mol. The highest BCUT2D eigenvalue weighted by Crippen LogP contribution is 2.25. The van der Waals surface area contributed by atoms with Crippen LogP contribution in [0.25, 0.3) is 0 Å². The van der Waals surface area contributed by atoms with Crippen molar-refractivity contribution in [3.63, 3.8) is 0 Å². The molecule has 2 heterocycles. The zero-order valence-corrected chi connectivity index (χ0v) is 17.1. The summed E-state index contributed by atoms with van der Waals surface area (Å²) in [5.74, 6) is 0. The molecular weight excluding hydrogens is 362 g/mol. The van der Waals surface area contributed by atoms with Gasteiger partial charge < -0.3 is 0 Å². The van der Waals surface area contributed by atoms with Crippen LogP contribution in [0.3, 0.4) is 0 Å². The quantitative estimate of drug-likeness (QED) is 0.704. The molecule has 0 amide bonds. The highest BCUT2D eigenvalue weighted by Gasteiger charge is 2.24. The first kappa shape index (κ1) is 19.2. The standard InChI is InChI=1S/C19H25N5O2S/c1-6-23-12-18(14(3)20-23)27(25,26)22-19-15(4)21-24(16(19)5)11-17-10-8-7-9-13(17)2/h7-10,12,22H,6,11H2,1-5H3. The molecule has 0 fully saturated rings. The Kier molecular flexibility index (Phi) is 5.10. The van der Waals surface area contributed by atoms with Crippen molar-refractivity contribution in [1.82, 2.24) is 19.6 Å². The fourth-order valence-electron chi connectivity index (χ4n) is 3.06. The van der Waals surface area contributed by atoms with E-state index >= 15 is 0 Å². The van der Waals surface area contributed by atoms with E-state index in [-0.39, 0.29) is 4.90 Å². The van der Waals surface area contributed by atoms with Gasteiger partial charge in [0, 0.05) is 12.7 Å². The van der Waals surface area contributed by atoms with Crippen molar-refractivity contribution >= 4 is 15.7 Å². The first-order valence-corrected chi connectivity index (χ1v) is 10.4. The summed E-state index contributed by atoms with van der Waals surface area (Å²) < 4.78 is 31.9. The monoisotopic (exact) mass is 387 g/mol. The number of benzene rings is 1. The number of nitrogens with one attached hydrogen (secondary N) is 1. The second-order valence-corrected chi connectivity index (χ2v) is 8.32. The molecule has 1 N–H and O–H groups in total. The summed E-state index contributed by atoms with van der Waals surface area (Å²) >= 11 is 0. The van der Waals surface area contributed by atoms with Gasteiger partial charge in [0.15, 0.2) is 0 Å². The summed E-state index contributed by atoms with van der Waals surface area (Å²) in [5, 5.41) is 8.77. The Bertz CT molecular complexity index is 1080. The molecule has 2 aromatic heterocycles. The minimum atomic E-state index is -3.73. The first-order valence-electron chi connectivity index (χ1n) is 8.88. The lowest BCUT2D eigenvalue weighted by Crippen LogP contribution is -2.15. The number of anilines is 1. The molecule has 0 unspecified atom stereocenters. The molecule has 3 aromatic rings. The van der Waals surface area contributed by atoms with Gasteiger partial charge in [-0.05, 0) is 45.7 Å². The van der Waals surface area contributed by atoms with Crippen molar-refractivity contribution in [3.05, 3.63) is 58.7 Å². The SMILES string of the molecule is CCn1cc(S(=O)(=O)Nc2c(C)nn(Cc3ccccc3C)c2C)c(C)n1. The zero-order valence-electron chi connectivity index (χ0n) is 16.3. The van der Waals surface area contributed by atoms with Gasteiger partial charge in [0.1, 0.15) is 4.90 Å². The summed E-state index contributed by atoms with van der Waals surface area (Å²) in [6.45, 7) is 10.6. The van der Waals surface area contributed by atoms with Gasteiger partial charge in [0.2, 0.25) is 0 Å². The molecule has 27 heavy (non-hydrogen) atoms. The van der Waals surface area contributed by atoms with E-state index in [1.54, 1.807) is 17.8 Å². The topological polar surface area (TPSA) is 81.8 Å². The second kappa shape index (κ2) is 7.19. The van der Waals surface area contributed by atoms with E-state index in [4.69, 9.17) is 0 Å². The Balaban J connectivity index is 1.92. The van der Waals surface area contributed by atoms with Crippen LogP contribution in [0.5, 0.6) is 0 Å². The van der Waals surface area contributed by atoms with Crippen LogP contribution in [0.15, 0.2) is 35.4 Å². The van der Waals surface area contributed by atoms with E-state index in [1.165, 1.54) is 5.56 Å². The summed E-state index contributed by atoms with van der Waals surface area (Å²) in [7, 11) is -3.73. The van der Waals surface area contributed by atoms with E-state index in [9.17, 15) is 8.42 Å².